The van der Waals surface area contributed by atoms with Gasteiger partial charge in [0.25, 0.3) is 5.91 Å². The van der Waals surface area contributed by atoms with Crippen LogP contribution >= 0.6 is 0 Å². The number of benzene rings is 3. The average molecular weight is 392 g/mol. The third kappa shape index (κ3) is 4.85. The van der Waals surface area contributed by atoms with Crippen molar-refractivity contribution in [2.24, 2.45) is 5.10 Å². The van der Waals surface area contributed by atoms with Crippen LogP contribution in [0.1, 0.15) is 29.8 Å². The highest BCUT2D eigenvalue weighted by Crippen LogP contribution is 2.28. The van der Waals surface area contributed by atoms with Crippen LogP contribution in [0, 0.1) is 0 Å². The van der Waals surface area contributed by atoms with Gasteiger partial charge >= 0.3 is 0 Å². The summed E-state index contributed by atoms with van der Waals surface area (Å²) in [7, 11) is 3.12. The lowest BCUT2D eigenvalue weighted by molar-refractivity contribution is 0.0952. The summed E-state index contributed by atoms with van der Waals surface area (Å²) in [4.78, 5) is 12.6. The first kappa shape index (κ1) is 20.2. The van der Waals surface area contributed by atoms with Gasteiger partial charge in [0.2, 0.25) is 0 Å². The second-order valence-electron chi connectivity index (χ2n) is 6.68. The fourth-order valence-electron chi connectivity index (χ4n) is 2.91. The first-order valence-corrected chi connectivity index (χ1v) is 9.26. The number of hydrazone groups is 1. The molecule has 150 valence electrons. The summed E-state index contributed by atoms with van der Waals surface area (Å²) < 4.78 is 16.4. The van der Waals surface area contributed by atoms with Gasteiger partial charge in [0.15, 0.2) is 11.5 Å². The molecule has 0 unspecified atom stereocenters. The first-order valence-electron chi connectivity index (χ1n) is 9.26. The van der Waals surface area contributed by atoms with Crippen molar-refractivity contribution in [2.45, 2.75) is 20.0 Å². The summed E-state index contributed by atoms with van der Waals surface area (Å²) in [5.41, 5.74) is 3.74. The van der Waals surface area contributed by atoms with Gasteiger partial charge in [-0.1, -0.05) is 24.3 Å². The van der Waals surface area contributed by atoms with Gasteiger partial charge in [-0.05, 0) is 60.5 Å². The molecular formula is C23H24N2O4. The molecule has 0 saturated carbocycles. The normalized spacial score (nSPS) is 11.1. The van der Waals surface area contributed by atoms with Crippen LogP contribution in [0.4, 0.5) is 0 Å². The van der Waals surface area contributed by atoms with Crippen LogP contribution < -0.4 is 19.6 Å². The number of methoxy groups -OCH3 is 2. The maximum absolute atomic E-state index is 12.6. The van der Waals surface area contributed by atoms with E-state index in [1.165, 1.54) is 7.11 Å². The number of hydrogen-bond donors (Lipinski definition) is 1. The summed E-state index contributed by atoms with van der Waals surface area (Å²) in [5, 5.41) is 6.01. The molecule has 0 aromatic heterocycles. The minimum absolute atomic E-state index is 0.0413. The van der Waals surface area contributed by atoms with E-state index in [1.54, 1.807) is 25.5 Å². The van der Waals surface area contributed by atoms with Crippen LogP contribution in [-0.4, -0.2) is 32.4 Å². The molecule has 0 aliphatic carbocycles. The van der Waals surface area contributed by atoms with E-state index in [0.717, 1.165) is 16.3 Å². The van der Waals surface area contributed by atoms with Crippen molar-refractivity contribution in [1.29, 1.82) is 0 Å². The lowest BCUT2D eigenvalue weighted by Crippen LogP contribution is -2.18. The van der Waals surface area contributed by atoms with Gasteiger partial charge < -0.3 is 14.2 Å². The topological polar surface area (TPSA) is 69.2 Å². The smallest absolute Gasteiger partial charge is 0.275 e. The molecule has 6 heteroatoms. The zero-order valence-electron chi connectivity index (χ0n) is 16.9. The monoisotopic (exact) mass is 392 g/mol. The standard InChI is InChI=1S/C23H24N2O4/c1-15(2)29-20-10-9-16(11-22(20)28-4)14-24-25-23(26)19-12-17-7-5-6-8-18(17)13-21(19)27-3/h5-15H,1-4H3,(H,25,26)/b24-14-. The minimum atomic E-state index is -0.351. The number of rotatable bonds is 7. The van der Waals surface area contributed by atoms with E-state index in [-0.39, 0.29) is 12.0 Å². The molecule has 1 amide bonds. The van der Waals surface area contributed by atoms with Crippen LogP contribution in [0.25, 0.3) is 10.8 Å². The Morgan fingerprint density at radius 2 is 1.62 bits per heavy atom. The molecule has 0 atom stereocenters. The van der Waals surface area contributed by atoms with Gasteiger partial charge in [0.1, 0.15) is 5.75 Å². The summed E-state index contributed by atoms with van der Waals surface area (Å²) in [6.45, 7) is 3.90. The minimum Gasteiger partial charge on any atom is -0.496 e. The van der Waals surface area contributed by atoms with Gasteiger partial charge in [-0.25, -0.2) is 5.43 Å². The van der Waals surface area contributed by atoms with E-state index in [9.17, 15) is 4.79 Å². The van der Waals surface area contributed by atoms with Gasteiger partial charge in [-0.2, -0.15) is 5.10 Å². The highest BCUT2D eigenvalue weighted by Gasteiger charge is 2.13. The van der Waals surface area contributed by atoms with E-state index < -0.39 is 0 Å². The number of fused-ring (bicyclic) bond motifs is 1. The molecular weight excluding hydrogens is 368 g/mol. The highest BCUT2D eigenvalue weighted by molar-refractivity contribution is 6.02. The van der Waals surface area contributed by atoms with Crippen LogP contribution in [0.5, 0.6) is 17.2 Å². The van der Waals surface area contributed by atoms with Crippen molar-refractivity contribution in [2.75, 3.05) is 14.2 Å². The average Bonchev–Trinajstić information content (AvgIpc) is 2.73. The second-order valence-corrected chi connectivity index (χ2v) is 6.68. The Labute approximate surface area is 170 Å². The maximum atomic E-state index is 12.6. The largest absolute Gasteiger partial charge is 0.496 e. The molecule has 3 rings (SSSR count). The fourth-order valence-corrected chi connectivity index (χ4v) is 2.91. The third-order valence-electron chi connectivity index (χ3n) is 4.24. The fraction of sp³-hybridized carbons (Fsp3) is 0.217. The lowest BCUT2D eigenvalue weighted by atomic mass is 10.1. The van der Waals surface area contributed by atoms with Gasteiger partial charge in [0.05, 0.1) is 32.1 Å². The Morgan fingerprint density at radius 1 is 0.931 bits per heavy atom. The summed E-state index contributed by atoms with van der Waals surface area (Å²) >= 11 is 0. The van der Waals surface area contributed by atoms with Gasteiger partial charge in [-0.15, -0.1) is 0 Å². The number of carbonyl (C=O) groups is 1. The molecule has 0 saturated heterocycles. The molecule has 0 spiro atoms. The Balaban J connectivity index is 1.77. The number of amides is 1. The summed E-state index contributed by atoms with van der Waals surface area (Å²) in [6, 6.07) is 16.9. The summed E-state index contributed by atoms with van der Waals surface area (Å²) in [5.74, 6) is 1.40. The van der Waals surface area contributed by atoms with Crippen molar-refractivity contribution in [3.05, 3.63) is 65.7 Å². The third-order valence-corrected chi connectivity index (χ3v) is 4.24. The molecule has 6 nitrogen and oxygen atoms in total. The summed E-state index contributed by atoms with van der Waals surface area (Å²) in [6.07, 6.45) is 1.59. The van der Waals surface area contributed by atoms with Crippen molar-refractivity contribution in [3.8, 4) is 17.2 Å². The van der Waals surface area contributed by atoms with Crippen LogP contribution in [0.3, 0.4) is 0 Å². The van der Waals surface area contributed by atoms with E-state index in [0.29, 0.717) is 22.8 Å². The number of hydrogen-bond acceptors (Lipinski definition) is 5. The molecule has 3 aromatic carbocycles. The van der Waals surface area contributed by atoms with Crippen molar-refractivity contribution >= 4 is 22.9 Å². The number of carbonyl (C=O) groups excluding carboxylic acids is 1. The van der Waals surface area contributed by atoms with Crippen LogP contribution in [-0.2, 0) is 0 Å². The predicted octanol–water partition coefficient (Wildman–Crippen LogP) is 4.41. The first-order chi connectivity index (χ1) is 14.0. The molecule has 0 heterocycles. The second kappa shape index (κ2) is 9.10. The van der Waals surface area contributed by atoms with Gasteiger partial charge in [0, 0.05) is 0 Å². The molecule has 0 radical (unpaired) electrons. The molecule has 29 heavy (non-hydrogen) atoms. The molecule has 0 fully saturated rings. The SMILES string of the molecule is COc1cc(/C=N\NC(=O)c2cc3ccccc3cc2OC)ccc1OC(C)C. The Hall–Kier alpha value is -3.54. The van der Waals surface area contributed by atoms with E-state index in [4.69, 9.17) is 14.2 Å². The number of nitrogens with zero attached hydrogens (tertiary/aromatic N) is 1. The zero-order chi connectivity index (χ0) is 20.8. The molecule has 3 aromatic rings. The van der Waals surface area contributed by atoms with Gasteiger partial charge in [-0.3, -0.25) is 4.79 Å². The zero-order valence-corrected chi connectivity index (χ0v) is 16.9. The highest BCUT2D eigenvalue weighted by atomic mass is 16.5. The quantitative estimate of drug-likeness (QED) is 0.478. The number of ether oxygens (including phenoxy) is 3. The predicted molar refractivity (Wildman–Crippen MR) is 114 cm³/mol. The van der Waals surface area contributed by atoms with Crippen LogP contribution in [0.15, 0.2) is 59.7 Å². The van der Waals surface area contributed by atoms with Crippen LogP contribution in [0.2, 0.25) is 0 Å². The Morgan fingerprint density at radius 3 is 2.28 bits per heavy atom. The maximum Gasteiger partial charge on any atom is 0.275 e. The lowest BCUT2D eigenvalue weighted by Gasteiger charge is -2.13. The Bertz CT molecular complexity index is 1040. The van der Waals surface area contributed by atoms with E-state index >= 15 is 0 Å². The Kier molecular flexibility index (Phi) is 6.34. The van der Waals surface area contributed by atoms with Crippen molar-refractivity contribution in [1.82, 2.24) is 5.43 Å². The number of nitrogens with one attached hydrogen (secondary N) is 1. The molecule has 1 N–H and O–H groups in total. The molecule has 0 aliphatic heterocycles. The van der Waals surface area contributed by atoms with E-state index in [1.807, 2.05) is 56.3 Å². The molecule has 0 aliphatic rings. The van der Waals surface area contributed by atoms with Crippen molar-refractivity contribution < 1.29 is 19.0 Å². The van der Waals surface area contributed by atoms with Crippen molar-refractivity contribution in [3.63, 3.8) is 0 Å². The van der Waals surface area contributed by atoms with E-state index in [2.05, 4.69) is 10.5 Å². The molecule has 0 bridgehead atoms.